The Bertz CT molecular complexity index is 635. The molecule has 5 nitrogen and oxygen atoms in total. The summed E-state index contributed by atoms with van der Waals surface area (Å²) in [6, 6.07) is 7.82. The van der Waals surface area contributed by atoms with Gasteiger partial charge in [0, 0.05) is 30.4 Å². The molecular formula is C20H30N2O3. The van der Waals surface area contributed by atoms with Crippen LogP contribution in [-0.4, -0.2) is 30.1 Å². The summed E-state index contributed by atoms with van der Waals surface area (Å²) >= 11 is 0. The van der Waals surface area contributed by atoms with Crippen LogP contribution in [0.1, 0.15) is 47.5 Å². The Morgan fingerprint density at radius 1 is 1.16 bits per heavy atom. The Morgan fingerprint density at radius 3 is 2.16 bits per heavy atom. The van der Waals surface area contributed by atoms with Gasteiger partial charge in [-0.1, -0.05) is 13.8 Å². The largest absolute Gasteiger partial charge is 0.481 e. The summed E-state index contributed by atoms with van der Waals surface area (Å²) < 4.78 is 0. The van der Waals surface area contributed by atoms with E-state index in [9.17, 15) is 14.7 Å². The van der Waals surface area contributed by atoms with Crippen LogP contribution < -0.4 is 10.2 Å². The first-order valence-corrected chi connectivity index (χ1v) is 9.06. The number of rotatable bonds is 6. The Labute approximate surface area is 150 Å². The molecule has 2 N–H and O–H groups in total. The zero-order valence-corrected chi connectivity index (χ0v) is 15.9. The molecule has 1 aromatic carbocycles. The summed E-state index contributed by atoms with van der Waals surface area (Å²) in [5.41, 5.74) is 0.411. The first-order chi connectivity index (χ1) is 11.7. The molecule has 0 spiro atoms. The molecular weight excluding hydrogens is 316 g/mol. The van der Waals surface area contributed by atoms with Gasteiger partial charge in [0.25, 0.3) is 0 Å². The highest BCUT2D eigenvalue weighted by atomic mass is 16.4. The average Bonchev–Trinajstić information content (AvgIpc) is 2.81. The molecule has 2 rings (SSSR count). The third kappa shape index (κ3) is 3.37. The SMILES string of the molecule is CCN(CC)c1ccc(NC(=O)C2CC[C@@](C)(C(=O)O)C2(C)C)cc1. The highest BCUT2D eigenvalue weighted by Gasteiger charge is 2.58. The maximum atomic E-state index is 12.8. The molecule has 1 saturated carbocycles. The van der Waals surface area contributed by atoms with Crippen LogP contribution in [0.4, 0.5) is 11.4 Å². The van der Waals surface area contributed by atoms with Crippen molar-refractivity contribution in [3.8, 4) is 0 Å². The van der Waals surface area contributed by atoms with Crippen molar-refractivity contribution in [3.63, 3.8) is 0 Å². The van der Waals surface area contributed by atoms with E-state index >= 15 is 0 Å². The first-order valence-electron chi connectivity index (χ1n) is 9.06. The molecule has 1 fully saturated rings. The fourth-order valence-corrected chi connectivity index (χ4v) is 3.92. The molecule has 1 amide bonds. The number of nitrogens with zero attached hydrogens (tertiary/aromatic N) is 1. The zero-order chi connectivity index (χ0) is 18.8. The molecule has 2 atom stereocenters. The second kappa shape index (κ2) is 7.06. The Morgan fingerprint density at radius 2 is 1.72 bits per heavy atom. The lowest BCUT2D eigenvalue weighted by Crippen LogP contribution is -2.43. The van der Waals surface area contributed by atoms with Crippen molar-refractivity contribution in [1.29, 1.82) is 0 Å². The highest BCUT2D eigenvalue weighted by molar-refractivity contribution is 5.94. The van der Waals surface area contributed by atoms with Crippen LogP contribution in [0.25, 0.3) is 0 Å². The molecule has 1 aromatic rings. The van der Waals surface area contributed by atoms with Crippen molar-refractivity contribution in [2.24, 2.45) is 16.7 Å². The molecule has 25 heavy (non-hydrogen) atoms. The number of carboxylic acids is 1. The minimum atomic E-state index is -0.873. The first kappa shape index (κ1) is 19.3. The average molecular weight is 346 g/mol. The minimum Gasteiger partial charge on any atom is -0.481 e. The maximum Gasteiger partial charge on any atom is 0.309 e. The lowest BCUT2D eigenvalue weighted by molar-refractivity contribution is -0.154. The van der Waals surface area contributed by atoms with Gasteiger partial charge in [-0.05, 0) is 63.3 Å². The van der Waals surface area contributed by atoms with Crippen LogP contribution in [0.2, 0.25) is 0 Å². The van der Waals surface area contributed by atoms with Gasteiger partial charge < -0.3 is 15.3 Å². The summed E-state index contributed by atoms with van der Waals surface area (Å²) in [5.74, 6) is -1.22. The van der Waals surface area contributed by atoms with E-state index in [4.69, 9.17) is 0 Å². The Kier molecular flexibility index (Phi) is 5.45. The van der Waals surface area contributed by atoms with E-state index in [0.717, 1.165) is 24.5 Å². The number of carbonyl (C=O) groups is 2. The van der Waals surface area contributed by atoms with E-state index in [1.54, 1.807) is 6.92 Å². The van der Waals surface area contributed by atoms with Crippen molar-refractivity contribution in [3.05, 3.63) is 24.3 Å². The molecule has 0 saturated heterocycles. The Balaban J connectivity index is 2.11. The van der Waals surface area contributed by atoms with Crippen molar-refractivity contribution in [2.45, 2.75) is 47.5 Å². The van der Waals surface area contributed by atoms with E-state index in [1.165, 1.54) is 0 Å². The fourth-order valence-electron chi connectivity index (χ4n) is 3.92. The highest BCUT2D eigenvalue weighted by Crippen LogP contribution is 2.56. The molecule has 0 radical (unpaired) electrons. The molecule has 0 bridgehead atoms. The monoisotopic (exact) mass is 346 g/mol. The number of carbonyl (C=O) groups excluding carboxylic acids is 1. The van der Waals surface area contributed by atoms with E-state index < -0.39 is 16.8 Å². The third-order valence-corrected chi connectivity index (χ3v) is 6.28. The number of hydrogen-bond donors (Lipinski definition) is 2. The van der Waals surface area contributed by atoms with E-state index in [-0.39, 0.29) is 11.8 Å². The standard InChI is InChI=1S/C20H30N2O3/c1-6-22(7-2)15-10-8-14(9-11-15)21-17(23)16-12-13-20(5,18(24)25)19(16,3)4/h8-11,16H,6-7,12-13H2,1-5H3,(H,21,23)(H,24,25)/t16?,20-/m0/s1. The molecule has 0 aliphatic heterocycles. The summed E-state index contributed by atoms with van der Waals surface area (Å²) in [6.45, 7) is 11.6. The summed E-state index contributed by atoms with van der Waals surface area (Å²) in [4.78, 5) is 26.7. The summed E-state index contributed by atoms with van der Waals surface area (Å²) in [5, 5.41) is 12.6. The predicted molar refractivity (Wildman–Crippen MR) is 101 cm³/mol. The molecule has 1 aliphatic rings. The lowest BCUT2D eigenvalue weighted by atomic mass is 9.65. The van der Waals surface area contributed by atoms with Crippen molar-refractivity contribution >= 4 is 23.3 Å². The predicted octanol–water partition coefficient (Wildman–Crippen LogP) is 4.00. The lowest BCUT2D eigenvalue weighted by Gasteiger charge is -2.37. The van der Waals surface area contributed by atoms with Gasteiger partial charge in [-0.2, -0.15) is 0 Å². The van der Waals surface area contributed by atoms with Crippen LogP contribution in [0.5, 0.6) is 0 Å². The normalized spacial score (nSPS) is 24.8. The quantitative estimate of drug-likeness (QED) is 0.817. The molecule has 1 aliphatic carbocycles. The van der Waals surface area contributed by atoms with Gasteiger partial charge in [0.2, 0.25) is 5.91 Å². The van der Waals surface area contributed by atoms with E-state index in [2.05, 4.69) is 24.1 Å². The van der Waals surface area contributed by atoms with Crippen molar-refractivity contribution < 1.29 is 14.7 Å². The smallest absolute Gasteiger partial charge is 0.309 e. The minimum absolute atomic E-state index is 0.0921. The number of nitrogens with one attached hydrogen (secondary N) is 1. The second-order valence-corrected chi connectivity index (χ2v) is 7.66. The van der Waals surface area contributed by atoms with Crippen LogP contribution in [0.15, 0.2) is 24.3 Å². The molecule has 0 heterocycles. The topological polar surface area (TPSA) is 69.6 Å². The van der Waals surface area contributed by atoms with Crippen molar-refractivity contribution in [2.75, 3.05) is 23.3 Å². The summed E-state index contributed by atoms with van der Waals surface area (Å²) in [6.07, 6.45) is 1.12. The van der Waals surface area contributed by atoms with Crippen LogP contribution >= 0.6 is 0 Å². The number of anilines is 2. The van der Waals surface area contributed by atoms with Gasteiger partial charge in [0.15, 0.2) is 0 Å². The third-order valence-electron chi connectivity index (χ3n) is 6.28. The maximum absolute atomic E-state index is 12.8. The summed E-state index contributed by atoms with van der Waals surface area (Å²) in [7, 11) is 0. The van der Waals surface area contributed by atoms with Gasteiger partial charge in [0.05, 0.1) is 5.41 Å². The molecule has 5 heteroatoms. The van der Waals surface area contributed by atoms with Crippen molar-refractivity contribution in [1.82, 2.24) is 0 Å². The Hall–Kier alpha value is -2.04. The van der Waals surface area contributed by atoms with Crippen LogP contribution in [0.3, 0.4) is 0 Å². The zero-order valence-electron chi connectivity index (χ0n) is 15.9. The molecule has 0 aromatic heterocycles. The number of hydrogen-bond acceptors (Lipinski definition) is 3. The van der Waals surface area contributed by atoms with Gasteiger partial charge in [0.1, 0.15) is 0 Å². The van der Waals surface area contributed by atoms with Gasteiger partial charge in [-0.25, -0.2) is 0 Å². The van der Waals surface area contributed by atoms with Gasteiger partial charge in [-0.15, -0.1) is 0 Å². The van der Waals surface area contributed by atoms with Crippen LogP contribution in [0, 0.1) is 16.7 Å². The number of benzene rings is 1. The van der Waals surface area contributed by atoms with E-state index in [0.29, 0.717) is 12.8 Å². The number of carboxylic acid groups (broad SMARTS) is 1. The number of amides is 1. The number of aliphatic carboxylic acids is 1. The van der Waals surface area contributed by atoms with E-state index in [1.807, 2.05) is 38.1 Å². The molecule has 138 valence electrons. The second-order valence-electron chi connectivity index (χ2n) is 7.66. The fraction of sp³-hybridized carbons (Fsp3) is 0.600. The van der Waals surface area contributed by atoms with Crippen LogP contribution in [-0.2, 0) is 9.59 Å². The van der Waals surface area contributed by atoms with Gasteiger partial charge in [-0.3, -0.25) is 9.59 Å². The van der Waals surface area contributed by atoms with Gasteiger partial charge >= 0.3 is 5.97 Å². The molecule has 1 unspecified atom stereocenters.